The van der Waals surface area contributed by atoms with Crippen molar-refractivity contribution in [1.29, 1.82) is 0 Å². The van der Waals surface area contributed by atoms with Gasteiger partial charge in [-0.05, 0) is 84.8 Å². The lowest BCUT2D eigenvalue weighted by Gasteiger charge is -2.17. The van der Waals surface area contributed by atoms with Crippen LogP contribution in [0.1, 0.15) is 71.5 Å². The molecule has 4 N–H and O–H groups in total. The van der Waals surface area contributed by atoms with E-state index in [-0.39, 0.29) is 17.7 Å². The number of benzene rings is 3. The highest BCUT2D eigenvalue weighted by molar-refractivity contribution is 5.95. The van der Waals surface area contributed by atoms with Crippen molar-refractivity contribution in [2.24, 2.45) is 12.8 Å². The van der Waals surface area contributed by atoms with Crippen molar-refractivity contribution in [3.63, 3.8) is 0 Å². The highest BCUT2D eigenvalue weighted by atomic mass is 16.5. The Morgan fingerprint density at radius 3 is 2.27 bits per heavy atom. The molecule has 40 heavy (non-hydrogen) atoms. The number of primary amides is 1. The van der Waals surface area contributed by atoms with Gasteiger partial charge in [-0.1, -0.05) is 31.2 Å². The molecule has 9 nitrogen and oxygen atoms in total. The molecule has 0 saturated carbocycles. The highest BCUT2D eigenvalue weighted by Crippen LogP contribution is 2.30. The monoisotopic (exact) mass is 541 g/mol. The molecule has 0 fully saturated rings. The molecule has 0 radical (unpaired) electrons. The number of amides is 1. The minimum absolute atomic E-state index is 0.0376. The Morgan fingerprint density at radius 1 is 0.950 bits per heavy atom. The van der Waals surface area contributed by atoms with Gasteiger partial charge in [-0.3, -0.25) is 9.48 Å². The first kappa shape index (κ1) is 28.1. The summed E-state index contributed by atoms with van der Waals surface area (Å²) in [7, 11) is 1.68. The molecular weight excluding hydrogens is 510 g/mol. The van der Waals surface area contributed by atoms with Crippen LogP contribution in [0.15, 0.2) is 54.6 Å². The lowest BCUT2D eigenvalue weighted by molar-refractivity contribution is 0.0695. The largest absolute Gasteiger partial charge is 0.489 e. The summed E-state index contributed by atoms with van der Waals surface area (Å²) >= 11 is 0. The number of carboxylic acid groups (broad SMARTS) is 2. The number of carbonyl (C=O) groups is 3. The van der Waals surface area contributed by atoms with Crippen molar-refractivity contribution >= 4 is 17.8 Å². The van der Waals surface area contributed by atoms with Crippen molar-refractivity contribution in [1.82, 2.24) is 9.78 Å². The molecule has 3 aromatic carbocycles. The van der Waals surface area contributed by atoms with Crippen molar-refractivity contribution < 1.29 is 29.3 Å². The summed E-state index contributed by atoms with van der Waals surface area (Å²) in [6.07, 6.45) is 1.07. The van der Waals surface area contributed by atoms with E-state index in [1.165, 1.54) is 16.8 Å². The SMILES string of the molecule is CCc1cccc(Cc2ccc(C(=O)O)cc2C(=O)O)c1COc1ccc(-c2nn(C)c(C(N)=O)c2C)cc1C. The summed E-state index contributed by atoms with van der Waals surface area (Å²) in [5.41, 5.74) is 12.3. The number of carboxylic acids is 2. The Bertz CT molecular complexity index is 1640. The topological polar surface area (TPSA) is 145 Å². The van der Waals surface area contributed by atoms with E-state index in [1.54, 1.807) is 13.1 Å². The predicted molar refractivity (Wildman–Crippen MR) is 150 cm³/mol. The quantitative estimate of drug-likeness (QED) is 0.258. The maximum Gasteiger partial charge on any atom is 0.336 e. The fourth-order valence-electron chi connectivity index (χ4n) is 4.99. The summed E-state index contributed by atoms with van der Waals surface area (Å²) < 4.78 is 7.75. The van der Waals surface area contributed by atoms with Gasteiger partial charge < -0.3 is 20.7 Å². The highest BCUT2D eigenvalue weighted by Gasteiger charge is 2.19. The van der Waals surface area contributed by atoms with E-state index in [9.17, 15) is 24.6 Å². The maximum absolute atomic E-state index is 11.9. The second-order valence-electron chi connectivity index (χ2n) is 9.65. The molecule has 0 aliphatic carbocycles. The van der Waals surface area contributed by atoms with Gasteiger partial charge in [0.15, 0.2) is 0 Å². The second-order valence-corrected chi connectivity index (χ2v) is 9.65. The van der Waals surface area contributed by atoms with Gasteiger partial charge in [0, 0.05) is 18.2 Å². The van der Waals surface area contributed by atoms with Gasteiger partial charge in [0.25, 0.3) is 5.91 Å². The number of hydrogen-bond acceptors (Lipinski definition) is 5. The summed E-state index contributed by atoms with van der Waals surface area (Å²) in [4.78, 5) is 35.1. The van der Waals surface area contributed by atoms with Crippen LogP contribution in [0, 0.1) is 13.8 Å². The fraction of sp³-hybridized carbons (Fsp3) is 0.226. The second kappa shape index (κ2) is 11.4. The minimum Gasteiger partial charge on any atom is -0.489 e. The Balaban J connectivity index is 1.62. The molecule has 4 aromatic rings. The summed E-state index contributed by atoms with van der Waals surface area (Å²) in [5.74, 6) is -2.20. The third-order valence-corrected chi connectivity index (χ3v) is 7.06. The molecule has 9 heteroatoms. The van der Waals surface area contributed by atoms with Gasteiger partial charge in [0.05, 0.1) is 16.8 Å². The van der Waals surface area contributed by atoms with Crippen LogP contribution in [0.3, 0.4) is 0 Å². The van der Waals surface area contributed by atoms with Crippen LogP contribution in [0.25, 0.3) is 11.3 Å². The molecule has 0 spiro atoms. The number of nitrogens with two attached hydrogens (primary N) is 1. The van der Waals surface area contributed by atoms with Crippen LogP contribution in [0.2, 0.25) is 0 Å². The van der Waals surface area contributed by atoms with Crippen LogP contribution >= 0.6 is 0 Å². The van der Waals surface area contributed by atoms with Gasteiger partial charge in [-0.15, -0.1) is 0 Å². The molecule has 4 rings (SSSR count). The van der Waals surface area contributed by atoms with Gasteiger partial charge >= 0.3 is 11.9 Å². The maximum atomic E-state index is 11.9. The number of rotatable bonds is 10. The van der Waals surface area contributed by atoms with Crippen LogP contribution in [0.5, 0.6) is 5.75 Å². The van der Waals surface area contributed by atoms with Crippen LogP contribution in [-0.2, 0) is 26.5 Å². The molecule has 206 valence electrons. The lowest BCUT2D eigenvalue weighted by Crippen LogP contribution is -2.16. The zero-order valence-electron chi connectivity index (χ0n) is 22.8. The smallest absolute Gasteiger partial charge is 0.336 e. The average molecular weight is 542 g/mol. The van der Waals surface area contributed by atoms with E-state index >= 15 is 0 Å². The van der Waals surface area contributed by atoms with E-state index in [0.29, 0.717) is 34.7 Å². The van der Waals surface area contributed by atoms with Gasteiger partial charge in [0.1, 0.15) is 18.1 Å². The average Bonchev–Trinajstić information content (AvgIpc) is 3.21. The number of aromatic nitrogens is 2. The molecule has 0 atom stereocenters. The van der Waals surface area contributed by atoms with E-state index in [2.05, 4.69) is 5.10 Å². The number of aryl methyl sites for hydroxylation is 3. The van der Waals surface area contributed by atoms with Crippen molar-refractivity contribution in [2.45, 2.75) is 40.2 Å². The zero-order valence-corrected chi connectivity index (χ0v) is 22.8. The zero-order chi connectivity index (χ0) is 29.1. The molecule has 0 aliphatic rings. The van der Waals surface area contributed by atoms with E-state index in [4.69, 9.17) is 10.5 Å². The molecule has 1 aromatic heterocycles. The molecule has 0 unspecified atom stereocenters. The first-order valence-corrected chi connectivity index (χ1v) is 12.8. The first-order valence-electron chi connectivity index (χ1n) is 12.8. The minimum atomic E-state index is -1.18. The normalized spacial score (nSPS) is 10.9. The number of ether oxygens (including phenoxy) is 1. The first-order chi connectivity index (χ1) is 19.0. The molecular formula is C31H31N3O6. The molecule has 0 aliphatic heterocycles. The van der Waals surface area contributed by atoms with Gasteiger partial charge in [-0.2, -0.15) is 5.10 Å². The molecule has 0 bridgehead atoms. The third kappa shape index (κ3) is 5.58. The van der Waals surface area contributed by atoms with Gasteiger partial charge in [0.2, 0.25) is 0 Å². The Kier molecular flexibility index (Phi) is 8.04. The van der Waals surface area contributed by atoms with Crippen LogP contribution in [0.4, 0.5) is 0 Å². The molecule has 0 saturated heterocycles. The summed E-state index contributed by atoms with van der Waals surface area (Å²) in [5, 5.41) is 23.5. The third-order valence-electron chi connectivity index (χ3n) is 7.06. The van der Waals surface area contributed by atoms with E-state index in [0.717, 1.165) is 34.2 Å². The number of hydrogen-bond donors (Lipinski definition) is 3. The van der Waals surface area contributed by atoms with Crippen molar-refractivity contribution in [3.05, 3.63) is 105 Å². The van der Waals surface area contributed by atoms with Crippen LogP contribution in [-0.4, -0.2) is 37.8 Å². The van der Waals surface area contributed by atoms with E-state index in [1.807, 2.05) is 57.2 Å². The van der Waals surface area contributed by atoms with E-state index < -0.39 is 17.8 Å². The predicted octanol–water partition coefficient (Wildman–Crippen LogP) is 4.93. The molecule has 1 amide bonds. The summed E-state index contributed by atoms with van der Waals surface area (Å²) in [6.45, 7) is 6.06. The van der Waals surface area contributed by atoms with Crippen molar-refractivity contribution in [2.75, 3.05) is 0 Å². The molecule has 1 heterocycles. The number of carbonyl (C=O) groups excluding carboxylic acids is 1. The Labute approximate surface area is 231 Å². The summed E-state index contributed by atoms with van der Waals surface area (Å²) in [6, 6.07) is 15.8. The van der Waals surface area contributed by atoms with Crippen molar-refractivity contribution in [3.8, 4) is 17.0 Å². The Hall–Kier alpha value is -4.92. The number of nitrogens with zero attached hydrogens (tertiary/aromatic N) is 2. The van der Waals surface area contributed by atoms with Gasteiger partial charge in [-0.25, -0.2) is 9.59 Å². The lowest BCUT2D eigenvalue weighted by atomic mass is 9.92. The fourth-order valence-corrected chi connectivity index (χ4v) is 4.99. The van der Waals surface area contributed by atoms with Crippen LogP contribution < -0.4 is 10.5 Å². The Morgan fingerprint density at radius 2 is 1.68 bits per heavy atom. The standard InChI is InChI=1S/C31H31N3O6/c1-5-19-7-6-8-20(14-21-9-10-23(30(36)37)15-24(21)31(38)39)25(19)16-40-26-12-11-22(13-17(26)2)27-18(3)28(29(32)35)34(4)33-27/h6-13,15H,5,14,16H2,1-4H3,(H2,32,35)(H,36,37)(H,38,39). The number of aromatic carboxylic acids is 2.